The summed E-state index contributed by atoms with van der Waals surface area (Å²) >= 11 is 0. The van der Waals surface area contributed by atoms with Gasteiger partial charge in [0.1, 0.15) is 5.41 Å². The van der Waals surface area contributed by atoms with E-state index in [1.54, 1.807) is 37.4 Å². The van der Waals surface area contributed by atoms with Crippen molar-refractivity contribution >= 4 is 22.6 Å². The number of aromatic nitrogens is 4. The fraction of sp³-hybridized carbons (Fsp3) is 0.296. The van der Waals surface area contributed by atoms with E-state index < -0.39 is 11.2 Å². The first-order chi connectivity index (χ1) is 18.4. The molecule has 10 nitrogen and oxygen atoms in total. The average molecular weight is 516 g/mol. The number of hydrogen-bond acceptors (Lipinski definition) is 8. The topological polar surface area (TPSA) is 138 Å². The molecule has 0 radical (unpaired) electrons. The van der Waals surface area contributed by atoms with Crippen LogP contribution in [0.4, 0.5) is 10.2 Å². The van der Waals surface area contributed by atoms with Gasteiger partial charge in [0, 0.05) is 30.3 Å². The highest BCUT2D eigenvalue weighted by Gasteiger charge is 2.33. The van der Waals surface area contributed by atoms with Gasteiger partial charge in [-0.3, -0.25) is 9.78 Å². The minimum atomic E-state index is -0.805. The van der Waals surface area contributed by atoms with E-state index in [9.17, 15) is 14.4 Å². The van der Waals surface area contributed by atoms with Gasteiger partial charge in [0.05, 0.1) is 43.2 Å². The summed E-state index contributed by atoms with van der Waals surface area (Å²) in [6.45, 7) is 3.07. The maximum atomic E-state index is 14.3. The van der Waals surface area contributed by atoms with Crippen LogP contribution in [0.2, 0.25) is 0 Å². The summed E-state index contributed by atoms with van der Waals surface area (Å²) in [7, 11) is 0. The lowest BCUT2D eigenvalue weighted by molar-refractivity contribution is 0.0757. The van der Waals surface area contributed by atoms with Crippen molar-refractivity contribution in [2.45, 2.75) is 31.9 Å². The third-order valence-corrected chi connectivity index (χ3v) is 6.44. The predicted octanol–water partition coefficient (Wildman–Crippen LogP) is 2.99. The molecule has 0 saturated carbocycles. The van der Waals surface area contributed by atoms with Crippen molar-refractivity contribution in [1.82, 2.24) is 25.1 Å². The molecule has 0 spiro atoms. The zero-order chi connectivity index (χ0) is 26.7. The smallest absolute Gasteiger partial charge is 0.251 e. The largest absolute Gasteiger partial charge is 0.396 e. The van der Waals surface area contributed by atoms with Crippen LogP contribution in [-0.4, -0.2) is 50.5 Å². The number of aliphatic hydroxyl groups excluding tert-OH is 1. The normalized spacial score (nSPS) is 16.6. The van der Waals surface area contributed by atoms with Crippen molar-refractivity contribution in [3.63, 3.8) is 0 Å². The quantitative estimate of drug-likeness (QED) is 0.305. The zero-order valence-corrected chi connectivity index (χ0v) is 20.7. The standard InChI is InChI=1S/C27H26FN7O3/c1-27(15-29)16-38-14-19-4-3-17(9-21(19)27)26(37)32-12-20-10-23-18(11-31-20)5-6-24(33-23)35-13-22(28)25(34-35)30-7-2-8-36/h3-6,9-11,13,36H,2,7-8,12,14,16H2,1H3,(H,30,34)(H,32,37)/t27-/m1/s1. The number of anilines is 1. The summed E-state index contributed by atoms with van der Waals surface area (Å²) in [6.07, 6.45) is 3.38. The number of aliphatic hydroxyl groups is 1. The van der Waals surface area contributed by atoms with Crippen molar-refractivity contribution in [3.8, 4) is 11.9 Å². The number of ether oxygens (including phenoxy) is 1. The molecule has 1 aliphatic heterocycles. The summed E-state index contributed by atoms with van der Waals surface area (Å²) in [5.74, 6) is -0.293. The Bertz CT molecular complexity index is 1550. The summed E-state index contributed by atoms with van der Waals surface area (Å²) in [5, 5.41) is 29.3. The van der Waals surface area contributed by atoms with Crippen LogP contribution in [0.15, 0.2) is 48.8 Å². The van der Waals surface area contributed by atoms with Crippen LogP contribution in [-0.2, 0) is 23.3 Å². The number of carbonyl (C=O) groups is 1. The summed E-state index contributed by atoms with van der Waals surface area (Å²) in [5.41, 5.74) is 2.58. The van der Waals surface area contributed by atoms with Crippen molar-refractivity contribution in [2.75, 3.05) is 25.1 Å². The van der Waals surface area contributed by atoms with Crippen molar-refractivity contribution in [1.29, 1.82) is 5.26 Å². The van der Waals surface area contributed by atoms with E-state index in [1.807, 2.05) is 12.1 Å². The fourth-order valence-corrected chi connectivity index (χ4v) is 4.31. The predicted molar refractivity (Wildman–Crippen MR) is 137 cm³/mol. The Balaban J connectivity index is 1.31. The number of fused-ring (bicyclic) bond motifs is 2. The van der Waals surface area contributed by atoms with Crippen LogP contribution in [0.25, 0.3) is 16.7 Å². The van der Waals surface area contributed by atoms with Gasteiger partial charge in [-0.05, 0) is 54.8 Å². The summed E-state index contributed by atoms with van der Waals surface area (Å²) < 4.78 is 21.1. The molecule has 0 saturated heterocycles. The number of halogens is 1. The number of nitrogens with one attached hydrogen (secondary N) is 2. The van der Waals surface area contributed by atoms with Crippen LogP contribution in [0.1, 0.15) is 40.5 Å². The number of carbonyl (C=O) groups excluding carboxylic acids is 1. The fourth-order valence-electron chi connectivity index (χ4n) is 4.31. The first-order valence-corrected chi connectivity index (χ1v) is 12.2. The highest BCUT2D eigenvalue weighted by atomic mass is 19.1. The highest BCUT2D eigenvalue weighted by molar-refractivity contribution is 5.94. The van der Waals surface area contributed by atoms with E-state index in [0.29, 0.717) is 42.2 Å². The summed E-state index contributed by atoms with van der Waals surface area (Å²) in [6, 6.07) is 12.9. The van der Waals surface area contributed by atoms with E-state index in [0.717, 1.165) is 16.5 Å². The maximum Gasteiger partial charge on any atom is 0.251 e. The van der Waals surface area contributed by atoms with E-state index in [2.05, 4.69) is 31.8 Å². The number of amides is 1. The minimum Gasteiger partial charge on any atom is -0.396 e. The number of rotatable bonds is 8. The van der Waals surface area contributed by atoms with Gasteiger partial charge in [0.25, 0.3) is 5.91 Å². The number of nitrogens with zero attached hydrogens (tertiary/aromatic N) is 5. The van der Waals surface area contributed by atoms with Crippen molar-refractivity contribution in [3.05, 3.63) is 77.0 Å². The minimum absolute atomic E-state index is 0.00174. The van der Waals surface area contributed by atoms with Crippen molar-refractivity contribution < 1.29 is 19.0 Å². The van der Waals surface area contributed by atoms with Gasteiger partial charge in [-0.25, -0.2) is 14.1 Å². The van der Waals surface area contributed by atoms with E-state index >= 15 is 0 Å². The Kier molecular flexibility index (Phi) is 7.00. The van der Waals surface area contributed by atoms with Crippen LogP contribution in [0.5, 0.6) is 0 Å². The van der Waals surface area contributed by atoms with Crippen molar-refractivity contribution in [2.24, 2.45) is 0 Å². The Morgan fingerprint density at radius 1 is 1.32 bits per heavy atom. The van der Waals surface area contributed by atoms with Crippen LogP contribution < -0.4 is 10.6 Å². The van der Waals surface area contributed by atoms with Gasteiger partial charge < -0.3 is 20.5 Å². The number of nitriles is 1. The third-order valence-electron chi connectivity index (χ3n) is 6.44. The molecule has 1 aromatic carbocycles. The number of benzene rings is 1. The van der Waals surface area contributed by atoms with Gasteiger partial charge in [-0.2, -0.15) is 5.26 Å². The molecule has 194 valence electrons. The molecule has 3 aromatic heterocycles. The van der Waals surface area contributed by atoms with E-state index in [-0.39, 0.29) is 31.5 Å². The second-order valence-electron chi connectivity index (χ2n) is 9.30. The molecular formula is C27H26FN7O3. The first-order valence-electron chi connectivity index (χ1n) is 12.2. The lowest BCUT2D eigenvalue weighted by atomic mass is 9.79. The Hall–Kier alpha value is -4.40. The third kappa shape index (κ3) is 5.04. The van der Waals surface area contributed by atoms with Gasteiger partial charge in [0.2, 0.25) is 0 Å². The van der Waals surface area contributed by atoms with Crippen LogP contribution in [0.3, 0.4) is 0 Å². The Labute approximate surface area is 218 Å². The molecule has 5 rings (SSSR count). The second kappa shape index (κ2) is 10.5. The molecule has 38 heavy (non-hydrogen) atoms. The molecule has 11 heteroatoms. The van der Waals surface area contributed by atoms with Gasteiger partial charge in [0.15, 0.2) is 17.5 Å². The Morgan fingerprint density at radius 2 is 2.18 bits per heavy atom. The van der Waals surface area contributed by atoms with E-state index in [1.165, 1.54) is 10.9 Å². The Morgan fingerprint density at radius 3 is 3.00 bits per heavy atom. The van der Waals surface area contributed by atoms with Gasteiger partial charge in [-0.1, -0.05) is 6.07 Å². The monoisotopic (exact) mass is 515 g/mol. The second-order valence-corrected chi connectivity index (χ2v) is 9.30. The number of pyridine rings is 2. The SMILES string of the molecule is C[C@@]1(C#N)COCc2ccc(C(=O)NCc3cc4nc(-n5cc(F)c(NCCCO)n5)ccc4cn3)cc21. The zero-order valence-electron chi connectivity index (χ0n) is 20.7. The van der Waals surface area contributed by atoms with Crippen LogP contribution in [0, 0.1) is 17.1 Å². The molecule has 1 atom stereocenters. The molecule has 0 aliphatic carbocycles. The maximum absolute atomic E-state index is 14.3. The molecule has 0 bridgehead atoms. The van der Waals surface area contributed by atoms with Gasteiger partial charge in [-0.15, -0.1) is 5.10 Å². The first kappa shape index (κ1) is 25.3. The van der Waals surface area contributed by atoms with Gasteiger partial charge >= 0.3 is 0 Å². The number of hydrogen-bond donors (Lipinski definition) is 3. The molecule has 1 aliphatic rings. The molecule has 3 N–H and O–H groups in total. The van der Waals surface area contributed by atoms with E-state index in [4.69, 9.17) is 9.84 Å². The molecule has 4 heterocycles. The molecule has 4 aromatic rings. The molecule has 1 amide bonds. The molecule has 0 unspecified atom stereocenters. The lowest BCUT2D eigenvalue weighted by Gasteiger charge is -2.30. The molecular weight excluding hydrogens is 489 g/mol. The average Bonchev–Trinajstić information content (AvgIpc) is 3.31. The van der Waals surface area contributed by atoms with Crippen LogP contribution >= 0.6 is 0 Å². The summed E-state index contributed by atoms with van der Waals surface area (Å²) in [4.78, 5) is 21.9. The lowest BCUT2D eigenvalue weighted by Crippen LogP contribution is -2.33. The highest BCUT2D eigenvalue weighted by Crippen LogP contribution is 2.32. The molecule has 0 fully saturated rings.